The van der Waals surface area contributed by atoms with Crippen molar-refractivity contribution >= 4 is 0 Å². The van der Waals surface area contributed by atoms with E-state index in [0.29, 0.717) is 6.04 Å². The second-order valence-corrected chi connectivity index (χ2v) is 3.55. The summed E-state index contributed by atoms with van der Waals surface area (Å²) in [5.74, 6) is 0.251. The molecule has 0 spiro atoms. The van der Waals surface area contributed by atoms with Gasteiger partial charge in [0.25, 0.3) is 5.82 Å². The van der Waals surface area contributed by atoms with E-state index < -0.39 is 0 Å². The lowest BCUT2D eigenvalue weighted by Gasteiger charge is -2.22. The van der Waals surface area contributed by atoms with Gasteiger partial charge in [0.05, 0.1) is 6.54 Å². The molecule has 0 saturated carbocycles. The van der Waals surface area contributed by atoms with Crippen LogP contribution in [0.5, 0.6) is 0 Å². The van der Waals surface area contributed by atoms with Crippen molar-refractivity contribution in [2.75, 3.05) is 6.54 Å². The molecule has 0 aromatic carbocycles. The van der Waals surface area contributed by atoms with Gasteiger partial charge in [-0.2, -0.15) is 5.26 Å². The molecule has 1 fully saturated rings. The van der Waals surface area contributed by atoms with Crippen LogP contribution in [0.4, 0.5) is 0 Å². The van der Waals surface area contributed by atoms with Crippen molar-refractivity contribution in [1.29, 1.82) is 5.26 Å². The highest BCUT2D eigenvalue weighted by atomic mass is 15.3. The van der Waals surface area contributed by atoms with Gasteiger partial charge in [0.15, 0.2) is 0 Å². The zero-order valence-corrected chi connectivity index (χ0v) is 7.98. The molecule has 1 aliphatic rings. The van der Waals surface area contributed by atoms with Gasteiger partial charge in [0, 0.05) is 6.04 Å². The van der Waals surface area contributed by atoms with E-state index in [9.17, 15) is 0 Å². The summed E-state index contributed by atoms with van der Waals surface area (Å²) < 4.78 is 1.74. The van der Waals surface area contributed by atoms with Crippen LogP contribution in [0, 0.1) is 11.3 Å². The van der Waals surface area contributed by atoms with E-state index in [2.05, 4.69) is 15.4 Å². The van der Waals surface area contributed by atoms with Crippen molar-refractivity contribution < 1.29 is 0 Å². The summed E-state index contributed by atoms with van der Waals surface area (Å²) in [5, 5.41) is 16.0. The average molecular weight is 191 g/mol. The second kappa shape index (κ2) is 4.20. The van der Waals surface area contributed by atoms with Crippen LogP contribution in [0.1, 0.15) is 25.1 Å². The summed E-state index contributed by atoms with van der Waals surface area (Å²) in [6, 6.07) is 2.40. The van der Waals surface area contributed by atoms with Crippen LogP contribution in [-0.4, -0.2) is 27.4 Å². The summed E-state index contributed by atoms with van der Waals surface area (Å²) in [5.41, 5.74) is 0. The summed E-state index contributed by atoms with van der Waals surface area (Å²) in [6.45, 7) is 1.90. The zero-order chi connectivity index (χ0) is 9.80. The molecule has 2 rings (SSSR count). The van der Waals surface area contributed by atoms with Gasteiger partial charge in [0.2, 0.25) is 0 Å². The van der Waals surface area contributed by atoms with E-state index >= 15 is 0 Å². The minimum atomic E-state index is 0.251. The smallest absolute Gasteiger partial charge is 0.252 e. The molecule has 5 heteroatoms. The van der Waals surface area contributed by atoms with E-state index in [1.807, 2.05) is 6.07 Å². The third-order valence-corrected chi connectivity index (χ3v) is 2.46. The van der Waals surface area contributed by atoms with Crippen LogP contribution >= 0.6 is 0 Å². The number of hydrogen-bond donors (Lipinski definition) is 1. The Morgan fingerprint density at radius 3 is 3.21 bits per heavy atom. The maximum Gasteiger partial charge on any atom is 0.252 e. The fourth-order valence-electron chi connectivity index (χ4n) is 1.74. The predicted molar refractivity (Wildman–Crippen MR) is 50.4 cm³/mol. The van der Waals surface area contributed by atoms with E-state index in [4.69, 9.17) is 5.26 Å². The van der Waals surface area contributed by atoms with Crippen LogP contribution in [0.2, 0.25) is 0 Å². The van der Waals surface area contributed by atoms with Crippen LogP contribution in [0.15, 0.2) is 6.33 Å². The minimum absolute atomic E-state index is 0.251. The van der Waals surface area contributed by atoms with Gasteiger partial charge in [-0.3, -0.25) is 4.68 Å². The standard InChI is InChI=1S/C9H13N5/c10-5-9-12-7-14(13-9)6-8-3-1-2-4-11-8/h7-8,11H,1-4,6H2. The number of nitrogens with one attached hydrogen (secondary N) is 1. The highest BCUT2D eigenvalue weighted by Crippen LogP contribution is 2.08. The molecule has 1 N–H and O–H groups in total. The third-order valence-electron chi connectivity index (χ3n) is 2.46. The number of rotatable bonds is 2. The van der Waals surface area contributed by atoms with Gasteiger partial charge in [-0.15, -0.1) is 5.10 Å². The lowest BCUT2D eigenvalue weighted by atomic mass is 10.1. The molecule has 1 aliphatic heterocycles. The number of aromatic nitrogens is 3. The van der Waals surface area contributed by atoms with Crippen LogP contribution in [-0.2, 0) is 6.54 Å². The molecule has 2 heterocycles. The Kier molecular flexibility index (Phi) is 2.75. The maximum absolute atomic E-state index is 8.55. The molecule has 5 nitrogen and oxygen atoms in total. The molecule has 0 aliphatic carbocycles. The Balaban J connectivity index is 1.93. The Bertz CT molecular complexity index is 331. The summed E-state index contributed by atoms with van der Waals surface area (Å²) in [4.78, 5) is 3.86. The Morgan fingerprint density at radius 2 is 2.57 bits per heavy atom. The van der Waals surface area contributed by atoms with E-state index in [1.165, 1.54) is 19.3 Å². The highest BCUT2D eigenvalue weighted by molar-refractivity contribution is 5.05. The highest BCUT2D eigenvalue weighted by Gasteiger charge is 2.13. The van der Waals surface area contributed by atoms with Gasteiger partial charge in [-0.25, -0.2) is 4.98 Å². The van der Waals surface area contributed by atoms with Gasteiger partial charge < -0.3 is 5.32 Å². The molecule has 0 radical (unpaired) electrons. The van der Waals surface area contributed by atoms with Crippen molar-refractivity contribution in [2.24, 2.45) is 0 Å². The zero-order valence-electron chi connectivity index (χ0n) is 7.98. The Morgan fingerprint density at radius 1 is 1.64 bits per heavy atom. The Labute approximate surface area is 82.7 Å². The van der Waals surface area contributed by atoms with Crippen LogP contribution in [0.25, 0.3) is 0 Å². The molecule has 0 amide bonds. The van der Waals surface area contributed by atoms with Gasteiger partial charge in [0.1, 0.15) is 12.4 Å². The van der Waals surface area contributed by atoms with Gasteiger partial charge >= 0.3 is 0 Å². The number of piperidine rings is 1. The van der Waals surface area contributed by atoms with Crippen molar-refractivity contribution in [3.05, 3.63) is 12.2 Å². The molecular weight excluding hydrogens is 178 g/mol. The molecule has 1 saturated heterocycles. The fourth-order valence-corrected chi connectivity index (χ4v) is 1.74. The first-order chi connectivity index (χ1) is 6.88. The van der Waals surface area contributed by atoms with Crippen molar-refractivity contribution in [1.82, 2.24) is 20.1 Å². The SMILES string of the molecule is N#Cc1ncn(CC2CCCCN2)n1. The Hall–Kier alpha value is -1.41. The topological polar surface area (TPSA) is 66.5 Å². The van der Waals surface area contributed by atoms with Crippen molar-refractivity contribution in [3.8, 4) is 6.07 Å². The molecular formula is C9H13N5. The monoisotopic (exact) mass is 191 g/mol. The molecule has 14 heavy (non-hydrogen) atoms. The van der Waals surface area contributed by atoms with Gasteiger partial charge in [-0.1, -0.05) is 6.42 Å². The minimum Gasteiger partial charge on any atom is -0.312 e. The first-order valence-electron chi connectivity index (χ1n) is 4.91. The fraction of sp³-hybridized carbons (Fsp3) is 0.667. The lowest BCUT2D eigenvalue weighted by molar-refractivity contribution is 0.350. The van der Waals surface area contributed by atoms with E-state index in [1.54, 1.807) is 11.0 Å². The average Bonchev–Trinajstić information content (AvgIpc) is 2.67. The van der Waals surface area contributed by atoms with Crippen molar-refractivity contribution in [3.63, 3.8) is 0 Å². The molecule has 74 valence electrons. The summed E-state index contributed by atoms with van der Waals surface area (Å²) in [6.07, 6.45) is 5.34. The predicted octanol–water partition coefficient (Wildman–Crippen LogP) is 0.292. The molecule has 1 unspecified atom stereocenters. The number of nitriles is 1. The lowest BCUT2D eigenvalue weighted by Crippen LogP contribution is -2.37. The van der Waals surface area contributed by atoms with Gasteiger partial charge in [-0.05, 0) is 19.4 Å². The normalized spacial score (nSPS) is 21.8. The summed E-state index contributed by atoms with van der Waals surface area (Å²) in [7, 11) is 0. The maximum atomic E-state index is 8.55. The number of hydrogen-bond acceptors (Lipinski definition) is 4. The van der Waals surface area contributed by atoms with E-state index in [0.717, 1.165) is 13.1 Å². The number of nitrogens with zero attached hydrogens (tertiary/aromatic N) is 4. The molecule has 0 bridgehead atoms. The summed E-state index contributed by atoms with van der Waals surface area (Å²) >= 11 is 0. The third kappa shape index (κ3) is 2.09. The molecule has 1 aromatic rings. The van der Waals surface area contributed by atoms with E-state index in [-0.39, 0.29) is 5.82 Å². The second-order valence-electron chi connectivity index (χ2n) is 3.55. The molecule has 1 atom stereocenters. The van der Waals surface area contributed by atoms with Crippen LogP contribution in [0.3, 0.4) is 0 Å². The van der Waals surface area contributed by atoms with Crippen LogP contribution < -0.4 is 5.32 Å². The largest absolute Gasteiger partial charge is 0.312 e. The first kappa shape index (κ1) is 9.16. The molecule has 1 aromatic heterocycles. The first-order valence-corrected chi connectivity index (χ1v) is 4.91. The van der Waals surface area contributed by atoms with Crippen molar-refractivity contribution in [2.45, 2.75) is 31.8 Å². The quantitative estimate of drug-likeness (QED) is 0.729.